The summed E-state index contributed by atoms with van der Waals surface area (Å²) in [5.41, 5.74) is 7.99. The Balaban J connectivity index is 0.000000430. The SMILES string of the molecule is C#CC#CC#CC#CC#CC#CC#CC#CC#CC#CC#CC#CC#CC#CC#CC#CC#CC#CC#CC#CC#CC#CC#CC#CC#CC#CC#CC#CC#CC#CC#CC#CC#CC#CC#CC#CC#C.COc1cc2c(cc1OCc1ccc3ccccc3c1)CCN1Cc3[nH]c4ccccc4c3CC21. The first-order valence-electron chi connectivity index (χ1n) is 30.7. The second kappa shape index (κ2) is 53.1. The van der Waals surface area contributed by atoms with Crippen molar-refractivity contribution in [1.82, 2.24) is 9.88 Å². The molecule has 472 valence electrons. The van der Waals surface area contributed by atoms with Gasteiger partial charge in [0.05, 0.1) is 7.11 Å². The van der Waals surface area contributed by atoms with E-state index >= 15 is 0 Å². The largest absolute Gasteiger partial charge is 0.493 e. The van der Waals surface area contributed by atoms with Crippen LogP contribution in [0.25, 0.3) is 21.7 Å². The molecule has 0 amide bonds. The molecule has 1 unspecified atom stereocenters. The summed E-state index contributed by atoms with van der Waals surface area (Å²) >= 11 is 0. The molecule has 4 aromatic carbocycles. The molecular formula is C105H30N2O2. The van der Waals surface area contributed by atoms with Crippen LogP contribution in [0.5, 0.6) is 11.5 Å². The Morgan fingerprint density at radius 1 is 0.339 bits per heavy atom. The number of para-hydroxylation sites is 1. The molecular weight excluding hydrogens is 1320 g/mol. The highest BCUT2D eigenvalue weighted by atomic mass is 16.5. The molecule has 1 N–H and O–H groups in total. The number of nitrogens with one attached hydrogen (secondary N) is 1. The first-order valence-corrected chi connectivity index (χ1v) is 30.7. The van der Waals surface area contributed by atoms with Gasteiger partial charge in [0.1, 0.15) is 6.61 Å². The van der Waals surface area contributed by atoms with Gasteiger partial charge >= 0.3 is 0 Å². The molecule has 7 rings (SSSR count). The van der Waals surface area contributed by atoms with Gasteiger partial charge in [-0.25, -0.2) is 0 Å². The van der Waals surface area contributed by atoms with Gasteiger partial charge < -0.3 is 14.5 Å². The van der Waals surface area contributed by atoms with E-state index in [1.807, 2.05) is 0 Å². The zero-order chi connectivity index (χ0) is 76.3. The van der Waals surface area contributed by atoms with E-state index in [2.05, 4.69) is 515 Å². The van der Waals surface area contributed by atoms with E-state index < -0.39 is 0 Å². The van der Waals surface area contributed by atoms with Crippen LogP contribution in [0, 0.1) is 439 Å². The Morgan fingerprint density at radius 2 is 0.642 bits per heavy atom. The van der Waals surface area contributed by atoms with E-state index in [1.165, 1.54) is 44.1 Å². The standard InChI is InChI=1S/C74H2.C31H28N2O2/c1-3-5-7-9-11-13-15-17-19-21-23-25-27-29-31-33-35-37-39-41-43-45-47-49-51-53-55-57-59-61-63-65-67-69-71-73-74-72-70-68-66-64-62-60-58-56-54-52-50-48-46-44-42-40-38-36-34-32-30-28-26-24-22-20-18-16-14-12-10-8-6-4-2;1-34-30-17-25-23(15-31(30)35-19-20-10-11-21-6-2-3-7-22(21)14-20)12-13-33-18-28-26(16-29(25)33)24-8-4-5-9-27(24)32-28/h1-2H;2-11,14-15,17,29,32H,12-13,16,18-19H2,1H3. The quantitative estimate of drug-likeness (QED) is 0.199. The van der Waals surface area contributed by atoms with Crippen LogP contribution in [-0.2, 0) is 26.0 Å². The second-order valence-corrected chi connectivity index (χ2v) is 18.8. The van der Waals surface area contributed by atoms with E-state index in [-0.39, 0.29) is 0 Å². The van der Waals surface area contributed by atoms with E-state index in [0.717, 1.165) is 43.0 Å². The second-order valence-electron chi connectivity index (χ2n) is 18.8. The van der Waals surface area contributed by atoms with Gasteiger partial charge in [0.15, 0.2) is 11.5 Å². The molecule has 4 heteroatoms. The van der Waals surface area contributed by atoms with Crippen molar-refractivity contribution in [3.8, 4) is 451 Å². The average molecular weight is 1350 g/mol. The van der Waals surface area contributed by atoms with E-state index in [9.17, 15) is 0 Å². The zero-order valence-corrected chi connectivity index (χ0v) is 57.0. The van der Waals surface area contributed by atoms with Gasteiger partial charge in [-0.3, -0.25) is 4.90 Å². The molecule has 4 nitrogen and oxygen atoms in total. The van der Waals surface area contributed by atoms with E-state index in [1.54, 1.807) is 7.11 Å². The summed E-state index contributed by atoms with van der Waals surface area (Å²) in [7, 11) is 1.74. The predicted molar refractivity (Wildman–Crippen MR) is 430 cm³/mol. The number of terminal acetylenes is 2. The topological polar surface area (TPSA) is 37.5 Å². The lowest BCUT2D eigenvalue weighted by Gasteiger charge is -2.40. The minimum absolute atomic E-state index is 0.369. The lowest BCUT2D eigenvalue weighted by molar-refractivity contribution is 0.158. The molecule has 0 bridgehead atoms. The molecule has 2 aliphatic rings. The number of H-pyrrole nitrogens is 1. The number of aromatic nitrogens is 1. The number of nitrogens with zero attached hydrogens (tertiary/aromatic N) is 1. The van der Waals surface area contributed by atoms with Gasteiger partial charge in [0.25, 0.3) is 0 Å². The molecule has 109 heavy (non-hydrogen) atoms. The van der Waals surface area contributed by atoms with Crippen LogP contribution >= 0.6 is 0 Å². The number of rotatable bonds is 4. The molecule has 1 aromatic heterocycles. The lowest BCUT2D eigenvalue weighted by Crippen LogP contribution is -2.39. The highest BCUT2D eigenvalue weighted by molar-refractivity contribution is 5.85. The number of methoxy groups -OCH3 is 1. The minimum Gasteiger partial charge on any atom is -0.493 e. The summed E-state index contributed by atoms with van der Waals surface area (Å²) in [4.78, 5) is 6.27. The fraction of sp³-hybridized carbons (Fsp3) is 0.0667. The Morgan fingerprint density at radius 3 is 0.963 bits per heavy atom. The molecule has 0 saturated carbocycles. The van der Waals surface area contributed by atoms with Crippen LogP contribution in [0.2, 0.25) is 0 Å². The molecule has 5 aromatic rings. The Kier molecular flexibility index (Phi) is 38.0. The normalized spacial score (nSPS) is 8.16. The van der Waals surface area contributed by atoms with Crippen LogP contribution in [0.3, 0.4) is 0 Å². The monoisotopic (exact) mass is 1350 g/mol. The summed E-state index contributed by atoms with van der Waals surface area (Å²) in [6, 6.07) is 28.4. The average Bonchev–Trinajstić information content (AvgIpc) is 1.68. The first-order chi connectivity index (χ1) is 54.2. The Labute approximate surface area is 640 Å². The number of ether oxygens (including phenoxy) is 2. The number of fused-ring (bicyclic) bond motifs is 7. The van der Waals surface area contributed by atoms with Crippen LogP contribution in [0.1, 0.15) is 34.0 Å². The third-order valence-corrected chi connectivity index (χ3v) is 12.2. The highest BCUT2D eigenvalue weighted by Gasteiger charge is 2.34. The van der Waals surface area contributed by atoms with Gasteiger partial charge in [-0.15, -0.1) is 12.8 Å². The zero-order valence-electron chi connectivity index (χ0n) is 57.0. The van der Waals surface area contributed by atoms with Crippen molar-refractivity contribution in [3.05, 3.63) is 107 Å². The first kappa shape index (κ1) is 78.0. The van der Waals surface area contributed by atoms with Crippen molar-refractivity contribution >= 4 is 21.7 Å². The molecule has 1 atom stereocenters. The van der Waals surface area contributed by atoms with E-state index in [0.29, 0.717) is 12.6 Å². The maximum Gasteiger partial charge on any atom is 0.161 e. The fourth-order valence-corrected chi connectivity index (χ4v) is 8.17. The number of hydrogen-bond donors (Lipinski definition) is 1. The summed E-state index contributed by atoms with van der Waals surface area (Å²) in [6.07, 6.45) is 11.9. The molecule has 2 aliphatic heterocycles. The number of aromatic amines is 1. The van der Waals surface area contributed by atoms with Gasteiger partial charge in [-0.2, -0.15) is 0 Å². The number of benzene rings is 4. The van der Waals surface area contributed by atoms with Crippen LogP contribution < -0.4 is 9.47 Å². The van der Waals surface area contributed by atoms with Crippen LogP contribution in [0.15, 0.2) is 78.9 Å². The van der Waals surface area contributed by atoms with Gasteiger partial charge in [0, 0.05) is 367 Å². The maximum absolute atomic E-state index is 6.32. The van der Waals surface area contributed by atoms with Crippen LogP contribution in [0.4, 0.5) is 0 Å². The molecule has 0 spiro atoms. The molecule has 3 heterocycles. The molecule has 0 aliphatic carbocycles. The lowest BCUT2D eigenvalue weighted by atomic mass is 9.85. The van der Waals surface area contributed by atoms with Gasteiger partial charge in [0.2, 0.25) is 0 Å². The Bertz CT molecular complexity index is 6940. The van der Waals surface area contributed by atoms with Gasteiger partial charge in [-0.05, 0) is 165 Å². The number of hydrogen-bond acceptors (Lipinski definition) is 3. The smallest absolute Gasteiger partial charge is 0.161 e. The van der Waals surface area contributed by atoms with Crippen molar-refractivity contribution in [3.63, 3.8) is 0 Å². The Hall–Kier alpha value is -20.0. The highest BCUT2D eigenvalue weighted by Crippen LogP contribution is 2.44. The molecule has 0 radical (unpaired) electrons. The summed E-state index contributed by atoms with van der Waals surface area (Å²) < 4.78 is 12.1. The molecule has 0 fully saturated rings. The summed E-state index contributed by atoms with van der Waals surface area (Å²) in [5.74, 6) is 180. The fourth-order valence-electron chi connectivity index (χ4n) is 8.17. The van der Waals surface area contributed by atoms with Crippen molar-refractivity contribution in [2.75, 3.05) is 13.7 Å². The molecule has 0 saturated heterocycles. The minimum atomic E-state index is 0.369. The van der Waals surface area contributed by atoms with E-state index in [4.69, 9.17) is 22.3 Å². The van der Waals surface area contributed by atoms with Crippen molar-refractivity contribution in [1.29, 1.82) is 0 Å². The van der Waals surface area contributed by atoms with Crippen LogP contribution in [-0.4, -0.2) is 23.5 Å². The maximum atomic E-state index is 6.32. The van der Waals surface area contributed by atoms with Crippen molar-refractivity contribution in [2.24, 2.45) is 0 Å². The van der Waals surface area contributed by atoms with Gasteiger partial charge in [-0.1, -0.05) is 54.6 Å². The summed E-state index contributed by atoms with van der Waals surface area (Å²) in [5, 5.41) is 3.84. The van der Waals surface area contributed by atoms with Crippen molar-refractivity contribution < 1.29 is 9.47 Å². The third-order valence-electron chi connectivity index (χ3n) is 12.2. The third kappa shape index (κ3) is 34.1. The van der Waals surface area contributed by atoms with Crippen molar-refractivity contribution in [2.45, 2.75) is 32.0 Å². The summed E-state index contributed by atoms with van der Waals surface area (Å²) in [6.45, 7) is 2.55. The predicted octanol–water partition coefficient (Wildman–Crippen LogP) is 6.94.